The summed E-state index contributed by atoms with van der Waals surface area (Å²) in [4.78, 5) is 33.1. The molecular weight excluding hydrogens is 364 g/mol. The first-order valence-corrected chi connectivity index (χ1v) is 8.51. The van der Waals surface area contributed by atoms with E-state index >= 15 is 0 Å². The van der Waals surface area contributed by atoms with E-state index in [9.17, 15) is 9.59 Å². The molecule has 0 radical (unpaired) electrons. The minimum absolute atomic E-state index is 0.0203. The number of fused-ring (bicyclic) bond motifs is 1. The fourth-order valence-electron chi connectivity index (χ4n) is 2.86. The SMILES string of the molecule is COc1ccc(C(=O)COC(=O)Cc2c(C)nc3ncnn3c2C)c(OC)c1. The predicted octanol–water partition coefficient (Wildman–Crippen LogP) is 1.73. The number of carbonyl (C=O) groups excluding carboxylic acids is 2. The molecule has 0 aliphatic rings. The maximum absolute atomic E-state index is 12.4. The molecule has 0 saturated carbocycles. The standard InChI is InChI=1S/C19H20N4O5/c1-11-15(12(2)23-19(22-11)20-10-21-23)8-18(25)28-9-16(24)14-6-5-13(26-3)7-17(14)27-4/h5-7,10H,8-9H2,1-4H3. The molecule has 28 heavy (non-hydrogen) atoms. The van der Waals surface area contributed by atoms with Crippen LogP contribution in [0.2, 0.25) is 0 Å². The monoisotopic (exact) mass is 384 g/mol. The van der Waals surface area contributed by atoms with Crippen LogP contribution >= 0.6 is 0 Å². The Hall–Kier alpha value is -3.49. The summed E-state index contributed by atoms with van der Waals surface area (Å²) in [6.07, 6.45) is 1.38. The van der Waals surface area contributed by atoms with E-state index in [1.54, 1.807) is 29.6 Å². The number of esters is 1. The summed E-state index contributed by atoms with van der Waals surface area (Å²) in [5.74, 6) is 0.480. The van der Waals surface area contributed by atoms with Crippen molar-refractivity contribution in [1.29, 1.82) is 0 Å². The van der Waals surface area contributed by atoms with Gasteiger partial charge in [-0.1, -0.05) is 0 Å². The lowest BCUT2D eigenvalue weighted by Gasteiger charge is -2.11. The van der Waals surface area contributed by atoms with Gasteiger partial charge in [-0.25, -0.2) is 9.50 Å². The number of aryl methyl sites for hydroxylation is 2. The Bertz CT molecular complexity index is 1040. The third-order valence-electron chi connectivity index (χ3n) is 4.38. The quantitative estimate of drug-likeness (QED) is 0.448. The number of ether oxygens (including phenoxy) is 3. The van der Waals surface area contributed by atoms with Crippen molar-refractivity contribution >= 4 is 17.5 Å². The van der Waals surface area contributed by atoms with Crippen LogP contribution in [-0.2, 0) is 16.0 Å². The van der Waals surface area contributed by atoms with Crippen molar-refractivity contribution in [2.24, 2.45) is 0 Å². The molecule has 0 N–H and O–H groups in total. The minimum Gasteiger partial charge on any atom is -0.497 e. The van der Waals surface area contributed by atoms with Gasteiger partial charge in [0.2, 0.25) is 5.78 Å². The summed E-state index contributed by atoms with van der Waals surface area (Å²) < 4.78 is 17.1. The van der Waals surface area contributed by atoms with Gasteiger partial charge >= 0.3 is 5.97 Å². The van der Waals surface area contributed by atoms with E-state index in [0.29, 0.717) is 34.1 Å². The smallest absolute Gasteiger partial charge is 0.310 e. The van der Waals surface area contributed by atoms with Gasteiger partial charge in [-0.3, -0.25) is 9.59 Å². The molecule has 2 heterocycles. The van der Waals surface area contributed by atoms with E-state index in [2.05, 4.69) is 15.1 Å². The molecule has 0 aliphatic carbocycles. The van der Waals surface area contributed by atoms with Gasteiger partial charge < -0.3 is 14.2 Å². The fourth-order valence-corrected chi connectivity index (χ4v) is 2.86. The van der Waals surface area contributed by atoms with Crippen LogP contribution in [0, 0.1) is 13.8 Å². The van der Waals surface area contributed by atoms with Crippen molar-refractivity contribution in [2.45, 2.75) is 20.3 Å². The highest BCUT2D eigenvalue weighted by atomic mass is 16.5. The highest BCUT2D eigenvalue weighted by molar-refractivity contribution is 6.00. The molecular formula is C19H20N4O5. The number of methoxy groups -OCH3 is 2. The largest absolute Gasteiger partial charge is 0.497 e. The number of rotatable bonds is 7. The molecule has 0 aliphatic heterocycles. The van der Waals surface area contributed by atoms with Crippen LogP contribution < -0.4 is 9.47 Å². The van der Waals surface area contributed by atoms with Crippen molar-refractivity contribution in [3.63, 3.8) is 0 Å². The van der Waals surface area contributed by atoms with Crippen LogP contribution in [0.5, 0.6) is 11.5 Å². The zero-order valence-corrected chi connectivity index (χ0v) is 16.1. The zero-order valence-electron chi connectivity index (χ0n) is 16.1. The second kappa shape index (κ2) is 8.03. The Kier molecular flexibility index (Phi) is 5.53. The van der Waals surface area contributed by atoms with Crippen LogP contribution in [0.4, 0.5) is 0 Å². The average Bonchev–Trinajstić information content (AvgIpc) is 3.17. The van der Waals surface area contributed by atoms with Crippen LogP contribution in [0.25, 0.3) is 5.78 Å². The first-order chi connectivity index (χ1) is 13.4. The van der Waals surface area contributed by atoms with Crippen LogP contribution in [0.3, 0.4) is 0 Å². The van der Waals surface area contributed by atoms with E-state index in [-0.39, 0.29) is 12.2 Å². The van der Waals surface area contributed by atoms with Crippen molar-refractivity contribution in [1.82, 2.24) is 19.6 Å². The summed E-state index contributed by atoms with van der Waals surface area (Å²) in [5.41, 5.74) is 2.42. The molecule has 3 rings (SSSR count). The molecule has 0 saturated heterocycles. The van der Waals surface area contributed by atoms with Gasteiger partial charge in [0.05, 0.1) is 26.2 Å². The zero-order chi connectivity index (χ0) is 20.3. The van der Waals surface area contributed by atoms with Crippen LogP contribution in [0.1, 0.15) is 27.3 Å². The Morgan fingerprint density at radius 2 is 1.93 bits per heavy atom. The first kappa shape index (κ1) is 19.3. The lowest BCUT2D eigenvalue weighted by atomic mass is 10.1. The molecule has 0 spiro atoms. The molecule has 0 amide bonds. The Morgan fingerprint density at radius 1 is 1.14 bits per heavy atom. The summed E-state index contributed by atoms with van der Waals surface area (Å²) in [6, 6.07) is 4.81. The molecule has 9 nitrogen and oxygen atoms in total. The second-order valence-electron chi connectivity index (χ2n) is 6.06. The number of hydrogen-bond acceptors (Lipinski definition) is 8. The molecule has 0 atom stereocenters. The van der Waals surface area contributed by atoms with Gasteiger partial charge in [-0.05, 0) is 26.0 Å². The van der Waals surface area contributed by atoms with E-state index in [1.165, 1.54) is 20.5 Å². The Balaban J connectivity index is 1.69. The van der Waals surface area contributed by atoms with E-state index in [0.717, 1.165) is 5.69 Å². The predicted molar refractivity (Wildman–Crippen MR) is 98.8 cm³/mol. The number of hydrogen-bond donors (Lipinski definition) is 0. The van der Waals surface area contributed by atoms with Gasteiger partial charge in [0.1, 0.15) is 17.8 Å². The number of nitrogens with zero attached hydrogens (tertiary/aromatic N) is 4. The van der Waals surface area contributed by atoms with Gasteiger partial charge in [-0.2, -0.15) is 10.1 Å². The topological polar surface area (TPSA) is 105 Å². The first-order valence-electron chi connectivity index (χ1n) is 8.51. The van der Waals surface area contributed by atoms with E-state index in [1.807, 2.05) is 6.92 Å². The number of carbonyl (C=O) groups is 2. The molecule has 3 aromatic rings. The van der Waals surface area contributed by atoms with E-state index in [4.69, 9.17) is 14.2 Å². The highest BCUT2D eigenvalue weighted by Crippen LogP contribution is 2.25. The summed E-state index contributed by atoms with van der Waals surface area (Å²) in [5, 5.41) is 4.09. The van der Waals surface area contributed by atoms with Gasteiger partial charge in [-0.15, -0.1) is 0 Å². The molecule has 9 heteroatoms. The molecule has 0 bridgehead atoms. The lowest BCUT2D eigenvalue weighted by molar-refractivity contribution is -0.141. The van der Waals surface area contributed by atoms with Gasteiger partial charge in [0, 0.05) is 23.0 Å². The Labute approximate surface area is 161 Å². The highest BCUT2D eigenvalue weighted by Gasteiger charge is 2.18. The number of aromatic nitrogens is 4. The summed E-state index contributed by atoms with van der Waals surface area (Å²) >= 11 is 0. The second-order valence-corrected chi connectivity index (χ2v) is 6.06. The number of benzene rings is 1. The molecule has 1 aromatic carbocycles. The maximum Gasteiger partial charge on any atom is 0.310 e. The minimum atomic E-state index is -0.534. The summed E-state index contributed by atoms with van der Waals surface area (Å²) in [6.45, 7) is 3.22. The van der Waals surface area contributed by atoms with E-state index < -0.39 is 12.6 Å². The molecule has 0 fully saturated rings. The lowest BCUT2D eigenvalue weighted by Crippen LogP contribution is -2.18. The number of Topliss-reactive ketones (excluding diaryl/α,β-unsaturated/α-hetero) is 1. The van der Waals surface area contributed by atoms with Crippen molar-refractivity contribution < 1.29 is 23.8 Å². The fraction of sp³-hybridized carbons (Fsp3) is 0.316. The van der Waals surface area contributed by atoms with Crippen LogP contribution in [0.15, 0.2) is 24.5 Å². The van der Waals surface area contributed by atoms with Crippen molar-refractivity contribution in [3.05, 3.63) is 47.0 Å². The van der Waals surface area contributed by atoms with Crippen molar-refractivity contribution in [2.75, 3.05) is 20.8 Å². The third-order valence-corrected chi connectivity index (χ3v) is 4.38. The number of ketones is 1. The normalized spacial score (nSPS) is 10.7. The molecule has 2 aromatic heterocycles. The van der Waals surface area contributed by atoms with Crippen LogP contribution in [-0.4, -0.2) is 52.2 Å². The Morgan fingerprint density at radius 3 is 2.64 bits per heavy atom. The third kappa shape index (κ3) is 3.78. The maximum atomic E-state index is 12.4. The van der Waals surface area contributed by atoms with Gasteiger partial charge in [0.15, 0.2) is 6.61 Å². The summed E-state index contributed by atoms with van der Waals surface area (Å²) in [7, 11) is 2.98. The van der Waals surface area contributed by atoms with Gasteiger partial charge in [0.25, 0.3) is 5.78 Å². The molecule has 0 unspecified atom stereocenters. The average molecular weight is 384 g/mol. The molecule has 146 valence electrons. The van der Waals surface area contributed by atoms with Crippen molar-refractivity contribution in [3.8, 4) is 11.5 Å².